The summed E-state index contributed by atoms with van der Waals surface area (Å²) in [6.07, 6.45) is 3.50. The lowest BCUT2D eigenvalue weighted by atomic mass is 10.2. The number of H-pyrrole nitrogens is 1. The summed E-state index contributed by atoms with van der Waals surface area (Å²) in [6.45, 7) is 0.662. The molecule has 0 bridgehead atoms. The Morgan fingerprint density at radius 2 is 1.77 bits per heavy atom. The Labute approximate surface area is 148 Å². The summed E-state index contributed by atoms with van der Waals surface area (Å²) in [6, 6.07) is 18.1. The van der Waals surface area contributed by atoms with Crippen LogP contribution in [0.5, 0.6) is 0 Å². The maximum Gasteiger partial charge on any atom is 0.225 e. The van der Waals surface area contributed by atoms with Crippen molar-refractivity contribution in [2.45, 2.75) is 6.54 Å². The number of rotatable bonds is 4. The Kier molecular flexibility index (Phi) is 3.35. The first-order chi connectivity index (χ1) is 12.9. The zero-order valence-electron chi connectivity index (χ0n) is 13.8. The van der Waals surface area contributed by atoms with Gasteiger partial charge in [0.1, 0.15) is 11.8 Å². The Hall–Kier alpha value is -3.74. The smallest absolute Gasteiger partial charge is 0.225 e. The number of aromatic amines is 1. The number of imidazole rings is 2. The molecule has 7 nitrogen and oxygen atoms in total. The van der Waals surface area contributed by atoms with Crippen LogP contribution in [0.3, 0.4) is 0 Å². The monoisotopic (exact) mass is 341 g/mol. The molecule has 0 aliphatic heterocycles. The van der Waals surface area contributed by atoms with Crippen LogP contribution in [0.15, 0.2) is 67.1 Å². The van der Waals surface area contributed by atoms with E-state index in [2.05, 4.69) is 42.4 Å². The van der Waals surface area contributed by atoms with Crippen molar-refractivity contribution in [3.63, 3.8) is 0 Å². The van der Waals surface area contributed by atoms with Gasteiger partial charge >= 0.3 is 0 Å². The number of nitrogens with one attached hydrogen (secondary N) is 2. The fourth-order valence-electron chi connectivity index (χ4n) is 2.90. The average Bonchev–Trinajstić information content (AvgIpc) is 3.30. The summed E-state index contributed by atoms with van der Waals surface area (Å²) in [5.74, 6) is 1.22. The minimum atomic E-state index is 0.551. The Morgan fingerprint density at radius 3 is 2.69 bits per heavy atom. The lowest BCUT2D eigenvalue weighted by molar-refractivity contribution is 0.993. The molecule has 126 valence electrons. The van der Waals surface area contributed by atoms with Crippen molar-refractivity contribution >= 4 is 28.1 Å². The summed E-state index contributed by atoms with van der Waals surface area (Å²) in [5.41, 5.74) is 4.47. The normalized spacial score (nSPS) is 11.2. The highest BCUT2D eigenvalue weighted by atomic mass is 15.2. The SMILES string of the molecule is c1ccc(CNc2ncc3[nH]c(-n4cnc5ccccc54)nc3n2)cc1. The molecule has 0 saturated heterocycles. The molecule has 26 heavy (non-hydrogen) atoms. The van der Waals surface area contributed by atoms with E-state index in [1.54, 1.807) is 12.5 Å². The number of benzene rings is 2. The fraction of sp³-hybridized carbons (Fsp3) is 0.0526. The lowest BCUT2D eigenvalue weighted by Gasteiger charge is -2.03. The van der Waals surface area contributed by atoms with E-state index < -0.39 is 0 Å². The lowest BCUT2D eigenvalue weighted by Crippen LogP contribution is -2.03. The quantitative estimate of drug-likeness (QED) is 0.524. The first-order valence-electron chi connectivity index (χ1n) is 8.30. The number of fused-ring (bicyclic) bond motifs is 2. The highest BCUT2D eigenvalue weighted by Gasteiger charge is 2.10. The van der Waals surface area contributed by atoms with Crippen molar-refractivity contribution in [1.82, 2.24) is 29.5 Å². The van der Waals surface area contributed by atoms with Gasteiger partial charge in [-0.25, -0.2) is 9.97 Å². The first-order valence-corrected chi connectivity index (χ1v) is 8.30. The molecule has 0 unspecified atom stereocenters. The predicted molar refractivity (Wildman–Crippen MR) is 100 cm³/mol. The van der Waals surface area contributed by atoms with Crippen molar-refractivity contribution < 1.29 is 0 Å². The van der Waals surface area contributed by atoms with Gasteiger partial charge in [0.15, 0.2) is 5.65 Å². The zero-order chi connectivity index (χ0) is 17.3. The molecular weight excluding hydrogens is 326 g/mol. The van der Waals surface area contributed by atoms with Crippen LogP contribution in [-0.2, 0) is 6.54 Å². The van der Waals surface area contributed by atoms with E-state index in [9.17, 15) is 0 Å². The molecule has 5 rings (SSSR count). The standard InChI is InChI=1S/C19H15N7/c1-2-6-13(7-3-1)10-20-18-21-11-15-17(24-18)25-19(23-15)26-12-22-14-8-4-5-9-16(14)26/h1-9,11-12H,10H2,(H2,20,21,23,24,25). The molecule has 7 heteroatoms. The summed E-state index contributed by atoms with van der Waals surface area (Å²) < 4.78 is 1.91. The van der Waals surface area contributed by atoms with Crippen LogP contribution in [0.25, 0.3) is 28.1 Å². The third-order valence-electron chi connectivity index (χ3n) is 4.20. The summed E-state index contributed by atoms with van der Waals surface area (Å²) in [4.78, 5) is 21.1. The number of para-hydroxylation sites is 2. The van der Waals surface area contributed by atoms with Gasteiger partial charge in [-0.15, -0.1) is 0 Å². The number of hydrogen-bond acceptors (Lipinski definition) is 5. The van der Waals surface area contributed by atoms with E-state index >= 15 is 0 Å². The molecule has 0 fully saturated rings. The van der Waals surface area contributed by atoms with Crippen molar-refractivity contribution in [3.05, 3.63) is 72.7 Å². The first kappa shape index (κ1) is 14.6. The highest BCUT2D eigenvalue weighted by molar-refractivity contribution is 5.78. The van der Waals surface area contributed by atoms with E-state index in [0.717, 1.165) is 16.6 Å². The van der Waals surface area contributed by atoms with Crippen molar-refractivity contribution in [1.29, 1.82) is 0 Å². The molecule has 2 aromatic carbocycles. The van der Waals surface area contributed by atoms with Gasteiger partial charge in [-0.3, -0.25) is 4.57 Å². The van der Waals surface area contributed by atoms with Crippen molar-refractivity contribution in [2.75, 3.05) is 5.32 Å². The summed E-state index contributed by atoms with van der Waals surface area (Å²) in [5, 5.41) is 3.23. The van der Waals surface area contributed by atoms with Gasteiger partial charge in [-0.2, -0.15) is 9.97 Å². The van der Waals surface area contributed by atoms with Gasteiger partial charge in [0.2, 0.25) is 11.9 Å². The molecule has 0 amide bonds. The molecule has 0 radical (unpaired) electrons. The fourth-order valence-corrected chi connectivity index (χ4v) is 2.90. The van der Waals surface area contributed by atoms with Crippen LogP contribution >= 0.6 is 0 Å². The number of anilines is 1. The van der Waals surface area contributed by atoms with Crippen molar-refractivity contribution in [2.24, 2.45) is 0 Å². The second-order valence-electron chi connectivity index (χ2n) is 5.93. The van der Waals surface area contributed by atoms with Gasteiger partial charge in [0.25, 0.3) is 0 Å². The molecule has 0 saturated carbocycles. The molecule has 5 aromatic rings. The average molecular weight is 341 g/mol. The van der Waals surface area contributed by atoms with Gasteiger partial charge in [-0.05, 0) is 17.7 Å². The molecule has 0 aliphatic rings. The van der Waals surface area contributed by atoms with Gasteiger partial charge in [0, 0.05) is 6.54 Å². The predicted octanol–water partition coefficient (Wildman–Crippen LogP) is 3.30. The second-order valence-corrected chi connectivity index (χ2v) is 5.93. The zero-order valence-corrected chi connectivity index (χ0v) is 13.8. The van der Waals surface area contributed by atoms with Crippen LogP contribution in [0, 0.1) is 0 Å². The Balaban J connectivity index is 1.46. The van der Waals surface area contributed by atoms with Crippen LogP contribution in [0.4, 0.5) is 5.95 Å². The maximum absolute atomic E-state index is 4.60. The van der Waals surface area contributed by atoms with Crippen LogP contribution in [0.2, 0.25) is 0 Å². The molecule has 3 aromatic heterocycles. The maximum atomic E-state index is 4.60. The van der Waals surface area contributed by atoms with Gasteiger partial charge in [-0.1, -0.05) is 42.5 Å². The molecular formula is C19H15N7. The van der Waals surface area contributed by atoms with Crippen LogP contribution < -0.4 is 5.32 Å². The van der Waals surface area contributed by atoms with Crippen LogP contribution in [0.1, 0.15) is 5.56 Å². The third-order valence-corrected chi connectivity index (χ3v) is 4.20. The van der Waals surface area contributed by atoms with E-state index in [1.165, 1.54) is 5.56 Å². The number of aromatic nitrogens is 6. The molecule has 0 aliphatic carbocycles. The summed E-state index contributed by atoms with van der Waals surface area (Å²) >= 11 is 0. The van der Waals surface area contributed by atoms with E-state index in [1.807, 2.05) is 47.0 Å². The van der Waals surface area contributed by atoms with Crippen molar-refractivity contribution in [3.8, 4) is 5.95 Å². The molecule has 3 heterocycles. The Morgan fingerprint density at radius 1 is 0.923 bits per heavy atom. The summed E-state index contributed by atoms with van der Waals surface area (Å²) in [7, 11) is 0. The third kappa shape index (κ3) is 2.55. The number of hydrogen-bond donors (Lipinski definition) is 2. The van der Waals surface area contributed by atoms with Gasteiger partial charge < -0.3 is 10.3 Å². The topological polar surface area (TPSA) is 84.3 Å². The highest BCUT2D eigenvalue weighted by Crippen LogP contribution is 2.18. The minimum absolute atomic E-state index is 0.551. The van der Waals surface area contributed by atoms with E-state index in [0.29, 0.717) is 24.1 Å². The molecule has 0 atom stereocenters. The van der Waals surface area contributed by atoms with Gasteiger partial charge in [0.05, 0.1) is 17.2 Å². The molecule has 2 N–H and O–H groups in total. The van der Waals surface area contributed by atoms with E-state index in [-0.39, 0.29) is 0 Å². The number of nitrogens with zero attached hydrogens (tertiary/aromatic N) is 5. The second kappa shape index (κ2) is 5.96. The minimum Gasteiger partial charge on any atom is -0.350 e. The van der Waals surface area contributed by atoms with E-state index in [4.69, 9.17) is 0 Å². The Bertz CT molecular complexity index is 1190. The van der Waals surface area contributed by atoms with Crippen LogP contribution in [-0.4, -0.2) is 29.5 Å². The largest absolute Gasteiger partial charge is 0.350 e. The molecule has 0 spiro atoms.